The van der Waals surface area contributed by atoms with Crippen LogP contribution in [0, 0.1) is 0 Å². The van der Waals surface area contributed by atoms with Gasteiger partial charge in [0.15, 0.2) is 0 Å². The summed E-state index contributed by atoms with van der Waals surface area (Å²) in [6, 6.07) is 0. The second-order valence-corrected chi connectivity index (χ2v) is 0. The van der Waals surface area contributed by atoms with Crippen molar-refractivity contribution < 1.29 is 28.3 Å². The van der Waals surface area contributed by atoms with Gasteiger partial charge in [-0.1, -0.05) is 0 Å². The van der Waals surface area contributed by atoms with Gasteiger partial charge in [-0.3, -0.25) is 0 Å². The van der Waals surface area contributed by atoms with E-state index >= 15 is 0 Å². The number of hydrogen-bond donors (Lipinski definition) is 1. The van der Waals surface area contributed by atoms with Crippen LogP contribution in [0.5, 0.6) is 0 Å². The maximum atomic E-state index is 0. The van der Waals surface area contributed by atoms with Gasteiger partial charge in [0.2, 0.25) is 0 Å². The fourth-order valence-corrected chi connectivity index (χ4v) is 0. The average Bonchev–Trinajstić information content (AvgIpc) is 0. The van der Waals surface area contributed by atoms with Gasteiger partial charge < -0.3 is 15.6 Å². The van der Waals surface area contributed by atoms with Crippen LogP contribution < -0.4 is 34.4 Å². The molecule has 0 heterocycles. The Morgan fingerprint density at radius 1 is 0.750 bits per heavy atom. The number of hydrogen-bond acceptors (Lipinski definition) is 0. The predicted molar refractivity (Wildman–Crippen MR) is 5.98 cm³/mol. The van der Waals surface area contributed by atoms with Gasteiger partial charge in [0.05, 0.1) is 0 Å². The summed E-state index contributed by atoms with van der Waals surface area (Å²) in [7, 11) is 0. The first-order valence-corrected chi connectivity index (χ1v) is 0. The monoisotopic (exact) mass is 63.0 g/mol. The van der Waals surface area contributed by atoms with Crippen molar-refractivity contribution in [1.82, 2.24) is 6.15 Å². The third-order valence-electron chi connectivity index (χ3n) is 0. The van der Waals surface area contributed by atoms with Crippen LogP contribution in [-0.2, 0) is 0 Å². The molecule has 4 N–H and O–H groups in total. The van der Waals surface area contributed by atoms with Crippen LogP contribution in [0.3, 0.4) is 0 Å². The molecule has 0 aromatic carbocycles. The zero-order valence-electron chi connectivity index (χ0n) is 2.76. The summed E-state index contributed by atoms with van der Waals surface area (Å²) in [5.74, 6) is 0. The minimum absolute atomic E-state index is 0. The van der Waals surface area contributed by atoms with E-state index in [1.54, 1.807) is 0 Å². The topological polar surface area (TPSA) is 36.5 Å². The van der Waals surface area contributed by atoms with Crippen LogP contribution in [0.2, 0.25) is 0 Å². The Hall–Kier alpha value is 0.417. The number of quaternary nitrogens is 1. The van der Waals surface area contributed by atoms with Gasteiger partial charge in [-0.05, 0) is 0 Å². The van der Waals surface area contributed by atoms with Crippen molar-refractivity contribution in [3.8, 4) is 0 Å². The third kappa shape index (κ3) is 27.9. The Kier molecular flexibility index (Phi) is 8490. The molecule has 0 bridgehead atoms. The first-order valence-electron chi connectivity index (χ1n) is 0. The van der Waals surface area contributed by atoms with Gasteiger partial charge in [-0.2, -0.15) is 0 Å². The Labute approximate surface area is 35.3 Å². The minimum Gasteiger partial charge on any atom is -1.00 e. The van der Waals surface area contributed by atoms with E-state index in [0.717, 1.165) is 0 Å². The maximum absolute atomic E-state index is 0. The Morgan fingerprint density at radius 2 is 0.750 bits per heavy atom. The van der Waals surface area contributed by atoms with Crippen molar-refractivity contribution in [2.75, 3.05) is 0 Å². The Morgan fingerprint density at radius 3 is 0.750 bits per heavy atom. The molecule has 0 aromatic heterocycles. The first kappa shape index (κ1) is 296. The summed E-state index contributed by atoms with van der Waals surface area (Å²) in [4.78, 5) is 0. The first-order chi connectivity index (χ1) is 0. The van der Waals surface area contributed by atoms with E-state index in [9.17, 15) is 0 Å². The maximum Gasteiger partial charge on any atom is 1.00 e. The van der Waals surface area contributed by atoms with Crippen LogP contribution >= 0.6 is 0 Å². The molecule has 0 aliphatic rings. The van der Waals surface area contributed by atoms with E-state index < -0.39 is 0 Å². The summed E-state index contributed by atoms with van der Waals surface area (Å²) in [6.45, 7) is 0. The summed E-state index contributed by atoms with van der Waals surface area (Å²) in [6.07, 6.45) is 0. The Balaban J connectivity index is 0. The van der Waals surface area contributed by atoms with Gasteiger partial charge in [0.25, 0.3) is 0 Å². The van der Waals surface area contributed by atoms with Crippen LogP contribution in [0.15, 0.2) is 0 Å². The van der Waals surface area contributed by atoms with Crippen LogP contribution in [-0.4, -0.2) is 0 Å². The zero-order chi connectivity index (χ0) is 0. The molecule has 0 atom stereocenters. The van der Waals surface area contributed by atoms with E-state index in [0.29, 0.717) is 0 Å². The summed E-state index contributed by atoms with van der Waals surface area (Å²) in [5.41, 5.74) is 0. The SMILES string of the molecule is [F-].[F-].[Li+].[NH4+]. The predicted octanol–water partition coefficient (Wildman–Crippen LogP) is -8.61. The van der Waals surface area contributed by atoms with E-state index in [4.69, 9.17) is 0 Å². The van der Waals surface area contributed by atoms with Crippen molar-refractivity contribution >= 4 is 0 Å². The third-order valence-corrected chi connectivity index (χ3v) is 0. The van der Waals surface area contributed by atoms with E-state index in [1.807, 2.05) is 0 Å². The molecule has 4 heteroatoms. The van der Waals surface area contributed by atoms with Crippen molar-refractivity contribution in [2.24, 2.45) is 0 Å². The Bertz CT molecular complexity index is 6.00. The second kappa shape index (κ2) is 115. The fraction of sp³-hybridized carbons (Fsp3) is 0. The summed E-state index contributed by atoms with van der Waals surface area (Å²) < 4.78 is 0. The van der Waals surface area contributed by atoms with Crippen molar-refractivity contribution in [3.05, 3.63) is 0 Å². The van der Waals surface area contributed by atoms with Crippen molar-refractivity contribution in [1.29, 1.82) is 0 Å². The molecule has 0 aliphatic heterocycles. The van der Waals surface area contributed by atoms with E-state index in [2.05, 4.69) is 0 Å². The molecule has 4 heavy (non-hydrogen) atoms. The molecular weight excluding hydrogens is 58.9 g/mol. The molecule has 0 amide bonds. The molecule has 24 valence electrons. The van der Waals surface area contributed by atoms with E-state index in [-0.39, 0.29) is 34.4 Å². The molecule has 0 aromatic rings. The summed E-state index contributed by atoms with van der Waals surface area (Å²) >= 11 is 0. The van der Waals surface area contributed by atoms with E-state index in [1.165, 1.54) is 0 Å². The van der Waals surface area contributed by atoms with Crippen LogP contribution in [0.1, 0.15) is 0 Å². The van der Waals surface area contributed by atoms with Gasteiger partial charge in [0.1, 0.15) is 0 Å². The van der Waals surface area contributed by atoms with Gasteiger partial charge in [0, 0.05) is 0 Å². The summed E-state index contributed by atoms with van der Waals surface area (Å²) in [5, 5.41) is 0. The average molecular weight is 63.0 g/mol. The van der Waals surface area contributed by atoms with Crippen LogP contribution in [0.25, 0.3) is 0 Å². The molecule has 0 radical (unpaired) electrons. The van der Waals surface area contributed by atoms with Gasteiger partial charge in [-0.15, -0.1) is 0 Å². The minimum atomic E-state index is 0. The van der Waals surface area contributed by atoms with Crippen molar-refractivity contribution in [3.63, 3.8) is 0 Å². The molecule has 0 saturated carbocycles. The van der Waals surface area contributed by atoms with Crippen molar-refractivity contribution in [2.45, 2.75) is 0 Å². The quantitative estimate of drug-likeness (QED) is 0.271. The standard InChI is InChI=1S/2FH.Li.H3N/h2*1H;;1H3/q;;+1;/p-1. The fourth-order valence-electron chi connectivity index (χ4n) is 0. The number of halogens is 2. The van der Waals surface area contributed by atoms with Gasteiger partial charge in [-0.25, -0.2) is 0 Å². The number of rotatable bonds is 0. The molecule has 0 unspecified atom stereocenters. The molecule has 0 rings (SSSR count). The zero-order valence-corrected chi connectivity index (χ0v) is 2.76. The largest absolute Gasteiger partial charge is 1.00 e. The molecule has 0 saturated heterocycles. The molecule has 0 spiro atoms. The molecule has 0 aliphatic carbocycles. The smallest absolute Gasteiger partial charge is 1.00 e. The second-order valence-electron chi connectivity index (χ2n) is 0. The molecule has 0 fully saturated rings. The molecular formula is H4F2LiN. The normalized spacial score (nSPS) is 0. The van der Waals surface area contributed by atoms with Crippen LogP contribution in [0.4, 0.5) is 0 Å². The molecule has 1 nitrogen and oxygen atoms in total. The van der Waals surface area contributed by atoms with Gasteiger partial charge >= 0.3 is 18.9 Å².